The van der Waals surface area contributed by atoms with Crippen molar-refractivity contribution in [2.24, 2.45) is 0 Å². The summed E-state index contributed by atoms with van der Waals surface area (Å²) in [6.07, 6.45) is 6.10. The predicted molar refractivity (Wildman–Crippen MR) is 215 cm³/mol. The zero-order valence-electron chi connectivity index (χ0n) is 28.3. The van der Waals surface area contributed by atoms with Crippen LogP contribution in [0.4, 0.5) is 0 Å². The van der Waals surface area contributed by atoms with Crippen LogP contribution in [0.25, 0.3) is 89.1 Å². The quantitative estimate of drug-likeness (QED) is 0.186. The van der Waals surface area contributed by atoms with Crippen molar-refractivity contribution in [3.63, 3.8) is 0 Å². The number of fused-ring (bicyclic) bond motifs is 5. The number of rotatable bonds is 5. The van der Waals surface area contributed by atoms with E-state index in [-0.39, 0.29) is 0 Å². The molecule has 0 saturated carbocycles. The lowest BCUT2D eigenvalue weighted by atomic mass is 9.93. The van der Waals surface area contributed by atoms with Crippen molar-refractivity contribution in [2.45, 2.75) is 6.54 Å². The van der Waals surface area contributed by atoms with Crippen LogP contribution in [0.2, 0.25) is 0 Å². The molecular weight excluding hydrogens is 633 g/mol. The van der Waals surface area contributed by atoms with E-state index in [4.69, 9.17) is 15.0 Å². The van der Waals surface area contributed by atoms with E-state index in [1.54, 1.807) is 0 Å². The number of nitrogens with one attached hydrogen (secondary N) is 1. The van der Waals surface area contributed by atoms with Gasteiger partial charge in [0.05, 0.1) is 22.4 Å². The van der Waals surface area contributed by atoms with Crippen LogP contribution in [-0.4, -0.2) is 15.0 Å². The van der Waals surface area contributed by atoms with Gasteiger partial charge in [-0.2, -0.15) is 0 Å². The van der Waals surface area contributed by atoms with Gasteiger partial charge in [-0.05, 0) is 68.6 Å². The Hall–Kier alpha value is -6.91. The molecular formula is C48H32N4. The number of benzene rings is 6. The average Bonchev–Trinajstić information content (AvgIpc) is 3.23. The third-order valence-electron chi connectivity index (χ3n) is 10.2. The molecule has 0 bridgehead atoms. The van der Waals surface area contributed by atoms with Crippen molar-refractivity contribution in [1.29, 1.82) is 0 Å². The molecule has 0 saturated heterocycles. The SMILES string of the molecule is C1=C(c2ccc(-c3cc(-c4ccccc4)nc4c3ccc3c(-c5ccc(-c6cc7ccccc7cn6)cc5)ccnc34)cc2)NCc2ccccc21. The van der Waals surface area contributed by atoms with E-state index >= 15 is 0 Å². The lowest BCUT2D eigenvalue weighted by Crippen LogP contribution is -2.16. The number of hydrogen-bond acceptors (Lipinski definition) is 4. The minimum Gasteiger partial charge on any atom is -0.380 e. The first-order valence-corrected chi connectivity index (χ1v) is 17.6. The van der Waals surface area contributed by atoms with Crippen molar-refractivity contribution in [1.82, 2.24) is 20.3 Å². The summed E-state index contributed by atoms with van der Waals surface area (Å²) in [4.78, 5) is 15.0. The van der Waals surface area contributed by atoms with Gasteiger partial charge in [0.2, 0.25) is 0 Å². The highest BCUT2D eigenvalue weighted by atomic mass is 14.9. The molecule has 1 aliphatic heterocycles. The first kappa shape index (κ1) is 30.0. The summed E-state index contributed by atoms with van der Waals surface area (Å²) in [5, 5.41) is 8.08. The summed E-state index contributed by atoms with van der Waals surface area (Å²) < 4.78 is 0. The molecule has 0 unspecified atom stereocenters. The van der Waals surface area contributed by atoms with Gasteiger partial charge in [0.25, 0.3) is 0 Å². The first-order valence-electron chi connectivity index (χ1n) is 17.6. The van der Waals surface area contributed by atoms with Crippen LogP contribution in [0.5, 0.6) is 0 Å². The van der Waals surface area contributed by atoms with Gasteiger partial charge >= 0.3 is 0 Å². The second kappa shape index (κ2) is 12.4. The molecule has 4 heterocycles. The molecule has 0 radical (unpaired) electrons. The van der Waals surface area contributed by atoms with Gasteiger partial charge in [0.15, 0.2) is 0 Å². The highest BCUT2D eigenvalue weighted by Gasteiger charge is 2.16. The molecule has 1 N–H and O–H groups in total. The smallest absolute Gasteiger partial charge is 0.0978 e. The number of hydrogen-bond donors (Lipinski definition) is 1. The minimum atomic E-state index is 0.826. The summed E-state index contributed by atoms with van der Waals surface area (Å²) in [6, 6.07) is 55.8. The predicted octanol–water partition coefficient (Wildman–Crippen LogP) is 11.6. The molecule has 52 heavy (non-hydrogen) atoms. The van der Waals surface area contributed by atoms with Crippen molar-refractivity contribution in [3.05, 3.63) is 187 Å². The minimum absolute atomic E-state index is 0.826. The topological polar surface area (TPSA) is 50.7 Å². The molecule has 0 spiro atoms. The Morgan fingerprint density at radius 3 is 1.94 bits per heavy atom. The largest absolute Gasteiger partial charge is 0.380 e. The Kier molecular flexibility index (Phi) is 7.17. The summed E-state index contributed by atoms with van der Waals surface area (Å²) >= 11 is 0. The van der Waals surface area contributed by atoms with E-state index in [0.717, 1.165) is 84.2 Å². The zero-order valence-corrected chi connectivity index (χ0v) is 28.3. The lowest BCUT2D eigenvalue weighted by molar-refractivity contribution is 0.879. The molecule has 1 aliphatic rings. The maximum Gasteiger partial charge on any atom is 0.0978 e. The summed E-state index contributed by atoms with van der Waals surface area (Å²) in [5.74, 6) is 0. The van der Waals surface area contributed by atoms with Crippen molar-refractivity contribution in [2.75, 3.05) is 0 Å². The van der Waals surface area contributed by atoms with Crippen LogP contribution >= 0.6 is 0 Å². The monoisotopic (exact) mass is 664 g/mol. The molecule has 0 fully saturated rings. The second-order valence-electron chi connectivity index (χ2n) is 13.3. The van der Waals surface area contributed by atoms with Gasteiger partial charge < -0.3 is 5.32 Å². The average molecular weight is 665 g/mol. The standard InChI is InChI=1S/C48H32N4/c1-2-8-33(9-3-1)46-28-43(32-16-20-35(21-17-32)45-27-37-11-5-7-13-39(37)30-51-45)42-23-22-41-40(24-25-49-47(41)48(42)52-46)31-14-18-34(19-15-31)44-26-36-10-4-6-12-38(36)29-50-44/h1-29,51H,30H2. The number of nitrogens with zero attached hydrogens (tertiary/aromatic N) is 3. The van der Waals surface area contributed by atoms with Crippen LogP contribution in [0.15, 0.2) is 170 Å². The second-order valence-corrected chi connectivity index (χ2v) is 13.3. The summed E-state index contributed by atoms with van der Waals surface area (Å²) in [6.45, 7) is 0.826. The van der Waals surface area contributed by atoms with Gasteiger partial charge in [-0.15, -0.1) is 0 Å². The Labute approximate surface area is 301 Å². The van der Waals surface area contributed by atoms with Gasteiger partial charge in [0.1, 0.15) is 0 Å². The van der Waals surface area contributed by atoms with E-state index in [0.29, 0.717) is 0 Å². The maximum absolute atomic E-state index is 5.30. The molecule has 4 heteroatoms. The van der Waals surface area contributed by atoms with E-state index in [1.165, 1.54) is 22.1 Å². The molecule has 10 rings (SSSR count). The Morgan fingerprint density at radius 2 is 1.12 bits per heavy atom. The van der Waals surface area contributed by atoms with Crippen LogP contribution in [-0.2, 0) is 6.54 Å². The fourth-order valence-electron chi connectivity index (χ4n) is 7.46. The number of pyridine rings is 3. The summed E-state index contributed by atoms with van der Waals surface area (Å²) in [7, 11) is 0. The lowest BCUT2D eigenvalue weighted by Gasteiger charge is -2.19. The Bertz CT molecular complexity index is 2820. The molecule has 0 aliphatic carbocycles. The highest BCUT2D eigenvalue weighted by molar-refractivity contribution is 6.12. The molecule has 0 amide bonds. The Balaban J connectivity index is 1.07. The molecule has 4 nitrogen and oxygen atoms in total. The molecule has 0 atom stereocenters. The van der Waals surface area contributed by atoms with Crippen LogP contribution in [0.1, 0.15) is 16.7 Å². The molecule has 9 aromatic rings. The van der Waals surface area contributed by atoms with E-state index in [1.807, 2.05) is 24.5 Å². The normalized spacial score (nSPS) is 12.4. The third kappa shape index (κ3) is 5.29. The first-order chi connectivity index (χ1) is 25.7. The zero-order chi connectivity index (χ0) is 34.4. The third-order valence-corrected chi connectivity index (χ3v) is 10.2. The van der Waals surface area contributed by atoms with Crippen LogP contribution in [0, 0.1) is 0 Å². The van der Waals surface area contributed by atoms with Gasteiger partial charge in [-0.1, -0.05) is 140 Å². The van der Waals surface area contributed by atoms with Crippen LogP contribution in [0.3, 0.4) is 0 Å². The Morgan fingerprint density at radius 1 is 0.462 bits per heavy atom. The maximum atomic E-state index is 5.30. The highest BCUT2D eigenvalue weighted by Crippen LogP contribution is 2.38. The van der Waals surface area contributed by atoms with Crippen molar-refractivity contribution < 1.29 is 0 Å². The number of aromatic nitrogens is 3. The van der Waals surface area contributed by atoms with Crippen molar-refractivity contribution >= 4 is 44.4 Å². The van der Waals surface area contributed by atoms with Crippen molar-refractivity contribution in [3.8, 4) is 44.8 Å². The molecule has 6 aromatic carbocycles. The van der Waals surface area contributed by atoms with E-state index in [9.17, 15) is 0 Å². The summed E-state index contributed by atoms with van der Waals surface area (Å²) in [5.41, 5.74) is 15.2. The molecule has 3 aromatic heterocycles. The van der Waals surface area contributed by atoms with Gasteiger partial charge in [0, 0.05) is 51.9 Å². The van der Waals surface area contributed by atoms with E-state index in [2.05, 4.69) is 157 Å². The molecule has 244 valence electrons. The fraction of sp³-hybridized carbons (Fsp3) is 0.0208. The van der Waals surface area contributed by atoms with Gasteiger partial charge in [-0.3, -0.25) is 9.97 Å². The van der Waals surface area contributed by atoms with Crippen LogP contribution < -0.4 is 5.32 Å². The van der Waals surface area contributed by atoms with Gasteiger partial charge in [-0.25, -0.2) is 4.98 Å². The van der Waals surface area contributed by atoms with E-state index < -0.39 is 0 Å². The fourth-order valence-corrected chi connectivity index (χ4v) is 7.46.